The summed E-state index contributed by atoms with van der Waals surface area (Å²) in [5, 5.41) is 27.3. The summed E-state index contributed by atoms with van der Waals surface area (Å²) in [6, 6.07) is 29.0. The molecular formula is C38H23F3IrN11S-5. The molecule has 0 saturated heterocycles. The fraction of sp³-hybridized carbons (Fsp3) is 0.0789. The maximum absolute atomic E-state index is 12.8. The Bertz CT molecular complexity index is 2440. The molecule has 0 N–H and O–H groups in total. The van der Waals surface area contributed by atoms with E-state index < -0.39 is 11.9 Å². The first-order valence-corrected chi connectivity index (χ1v) is 16.4. The van der Waals surface area contributed by atoms with E-state index in [1.54, 1.807) is 48.5 Å². The Labute approximate surface area is 326 Å². The van der Waals surface area contributed by atoms with Crippen molar-refractivity contribution in [3.05, 3.63) is 145 Å². The summed E-state index contributed by atoms with van der Waals surface area (Å²) < 4.78 is 40.3. The number of anilines is 2. The number of aromatic nitrogens is 4. The minimum absolute atomic E-state index is 0. The molecule has 271 valence electrons. The zero-order chi connectivity index (χ0) is 37.3. The summed E-state index contributed by atoms with van der Waals surface area (Å²) in [6.45, 7) is 11.2. The molecule has 0 bridgehead atoms. The fourth-order valence-corrected chi connectivity index (χ4v) is 6.29. The number of nitrogens with zero attached hydrogens (tertiary/aromatic N) is 11. The quantitative estimate of drug-likeness (QED) is 0.158. The number of rotatable bonds is 5. The molecule has 1 radical (unpaired) electrons. The van der Waals surface area contributed by atoms with Gasteiger partial charge in [-0.05, 0) is 63.2 Å². The molecule has 2 aliphatic heterocycles. The second kappa shape index (κ2) is 15.4. The fourth-order valence-electron chi connectivity index (χ4n) is 5.53. The van der Waals surface area contributed by atoms with Gasteiger partial charge in [0.15, 0.2) is 5.69 Å². The number of alkyl halides is 3. The summed E-state index contributed by atoms with van der Waals surface area (Å²) in [7, 11) is 3.91. The van der Waals surface area contributed by atoms with Crippen LogP contribution in [-0.2, 0) is 26.3 Å². The topological polar surface area (TPSA) is 110 Å². The van der Waals surface area contributed by atoms with E-state index in [1.807, 2.05) is 88.5 Å². The van der Waals surface area contributed by atoms with E-state index in [0.717, 1.165) is 45.5 Å². The molecule has 0 spiro atoms. The molecule has 3 aromatic heterocycles. The van der Waals surface area contributed by atoms with Gasteiger partial charge in [0.1, 0.15) is 16.5 Å². The van der Waals surface area contributed by atoms with Crippen LogP contribution in [0.1, 0.15) is 16.8 Å². The van der Waals surface area contributed by atoms with Crippen molar-refractivity contribution in [2.45, 2.75) is 16.2 Å². The first-order valence-electron chi connectivity index (χ1n) is 15.6. The minimum atomic E-state index is -4.56. The monoisotopic (exact) mass is 915 g/mol. The first kappa shape index (κ1) is 37.5. The van der Waals surface area contributed by atoms with Gasteiger partial charge in [0, 0.05) is 31.7 Å². The third-order valence-electron chi connectivity index (χ3n) is 7.93. The summed E-state index contributed by atoms with van der Waals surface area (Å²) >= 11 is 0.968. The maximum atomic E-state index is 12.8. The number of hydrogen-bond donors (Lipinski definition) is 0. The summed E-state index contributed by atoms with van der Waals surface area (Å²) in [6.07, 6.45) is 3.20. The molecule has 16 heteroatoms. The van der Waals surface area contributed by atoms with E-state index in [-0.39, 0.29) is 25.1 Å². The average molecular weight is 915 g/mol. The van der Waals surface area contributed by atoms with Gasteiger partial charge < -0.3 is 34.4 Å². The molecule has 8 rings (SSSR count). The van der Waals surface area contributed by atoms with Crippen LogP contribution in [0.2, 0.25) is 0 Å². The molecule has 0 atom stereocenters. The summed E-state index contributed by atoms with van der Waals surface area (Å²) in [4.78, 5) is 15.9. The third-order valence-corrected chi connectivity index (χ3v) is 8.78. The number of hydrogen-bond acceptors (Lipinski definition) is 9. The second-order valence-corrected chi connectivity index (χ2v) is 12.7. The van der Waals surface area contributed by atoms with Crippen LogP contribution in [0, 0.1) is 54.7 Å². The Kier molecular flexibility index (Phi) is 10.7. The minimum Gasteiger partial charge on any atom is -0.569 e. The van der Waals surface area contributed by atoms with Crippen molar-refractivity contribution >= 4 is 50.6 Å². The van der Waals surface area contributed by atoms with Gasteiger partial charge in [0.2, 0.25) is 0 Å². The molecule has 0 unspecified atom stereocenters. The van der Waals surface area contributed by atoms with E-state index in [2.05, 4.69) is 44.3 Å². The van der Waals surface area contributed by atoms with Gasteiger partial charge in [-0.3, -0.25) is 0 Å². The van der Waals surface area contributed by atoms with Gasteiger partial charge in [-0.1, -0.05) is 57.0 Å². The van der Waals surface area contributed by atoms with Crippen LogP contribution in [0.5, 0.6) is 0 Å². The van der Waals surface area contributed by atoms with Crippen LogP contribution in [0.15, 0.2) is 102 Å². The number of benzene rings is 3. The van der Waals surface area contributed by atoms with Crippen molar-refractivity contribution in [1.29, 1.82) is 10.5 Å². The Hall–Kier alpha value is -6.24. The second-order valence-electron chi connectivity index (χ2n) is 11.6. The Morgan fingerprint density at radius 2 is 1.57 bits per heavy atom. The number of fused-ring (bicyclic) bond motifs is 3. The number of halogens is 3. The Morgan fingerprint density at radius 1 is 0.889 bits per heavy atom. The standard InChI is InChI=1S/C23H9F3N6S.C15H14N5.Ir/c1-28-14-6-8-18-16(10-14)15-9-13(12-27)5-7-17(15)32(18)20-3-2-4-21(29-20)33-22-11-19(30-31-22)23(24,25)26;1-17-3-5-19(11-17)14-7-13(10-16)8-15(9-14)20-6-4-18(2)12-20;/h2-6,8-11H;3-8,11-12H,1-2H3;/q-2;-3;. The van der Waals surface area contributed by atoms with Crippen molar-refractivity contribution in [2.75, 3.05) is 23.9 Å². The van der Waals surface area contributed by atoms with Crippen LogP contribution in [0.25, 0.3) is 32.5 Å². The van der Waals surface area contributed by atoms with E-state index in [0.29, 0.717) is 33.2 Å². The van der Waals surface area contributed by atoms with Gasteiger partial charge in [-0.25, -0.2) is 15.1 Å². The van der Waals surface area contributed by atoms with Gasteiger partial charge in [-0.15, -0.1) is 41.0 Å². The van der Waals surface area contributed by atoms with E-state index >= 15 is 0 Å². The normalized spacial score (nSPS) is 13.4. The van der Waals surface area contributed by atoms with Gasteiger partial charge in [-0.2, -0.15) is 43.9 Å². The van der Waals surface area contributed by atoms with Gasteiger partial charge in [0.05, 0.1) is 12.6 Å². The molecule has 0 saturated carbocycles. The molecule has 5 heterocycles. The van der Waals surface area contributed by atoms with Crippen molar-refractivity contribution in [2.24, 2.45) is 0 Å². The zero-order valence-corrected chi connectivity index (χ0v) is 31.3. The number of nitriles is 2. The van der Waals surface area contributed by atoms with Crippen LogP contribution < -0.4 is 14.9 Å². The number of pyridine rings is 1. The molecule has 3 aromatic carbocycles. The molecule has 0 fully saturated rings. The maximum Gasteiger partial charge on any atom is 0.431 e. The Morgan fingerprint density at radius 3 is 2.15 bits per heavy atom. The van der Waals surface area contributed by atoms with Crippen molar-refractivity contribution < 1.29 is 33.3 Å². The van der Waals surface area contributed by atoms with Crippen LogP contribution in [0.3, 0.4) is 0 Å². The van der Waals surface area contributed by atoms with Crippen molar-refractivity contribution in [1.82, 2.24) is 29.5 Å². The van der Waals surface area contributed by atoms with E-state index in [1.165, 1.54) is 0 Å². The molecule has 11 nitrogen and oxygen atoms in total. The van der Waals surface area contributed by atoms with Crippen LogP contribution >= 0.6 is 11.8 Å². The summed E-state index contributed by atoms with van der Waals surface area (Å²) in [5.41, 5.74) is 3.55. The third kappa shape index (κ3) is 7.75. The predicted molar refractivity (Wildman–Crippen MR) is 192 cm³/mol. The first-order chi connectivity index (χ1) is 25.5. The molecule has 54 heavy (non-hydrogen) atoms. The molecular weight excluding hydrogens is 892 g/mol. The van der Waals surface area contributed by atoms with Crippen molar-refractivity contribution in [3.8, 4) is 18.0 Å². The molecule has 0 aliphatic carbocycles. The van der Waals surface area contributed by atoms with Crippen LogP contribution in [-0.4, -0.2) is 38.5 Å². The SMILES string of the molecule is CN1C=CN(c2[c-]c(N3C=CN(C)[CH-]3)cc(C#N)c2)[CH-]1.[C-]#[N+]c1ccc2c(c1)c1cc(C#N)c[c-]c1n2-c1cccc(Sc2cc(C(F)(F)F)n[n-]2)n1.[Ir]. The smallest absolute Gasteiger partial charge is 0.431 e. The average Bonchev–Trinajstić information content (AvgIpc) is 3.98. The van der Waals surface area contributed by atoms with E-state index in [4.69, 9.17) is 6.57 Å². The largest absolute Gasteiger partial charge is 0.569 e. The molecule has 0 amide bonds. The molecule has 2 aliphatic rings. The summed E-state index contributed by atoms with van der Waals surface area (Å²) in [5.74, 6) is 0.507. The van der Waals surface area contributed by atoms with E-state index in [9.17, 15) is 23.7 Å². The zero-order valence-electron chi connectivity index (χ0n) is 28.1. The van der Waals surface area contributed by atoms with Gasteiger partial charge in [0.25, 0.3) is 0 Å². The van der Waals surface area contributed by atoms with Crippen molar-refractivity contribution in [3.63, 3.8) is 0 Å². The predicted octanol–water partition coefficient (Wildman–Crippen LogP) is 7.96. The van der Waals surface area contributed by atoms with Gasteiger partial charge >= 0.3 is 6.18 Å². The van der Waals surface area contributed by atoms with Crippen LogP contribution in [0.4, 0.5) is 30.2 Å². The molecule has 6 aromatic rings. The Balaban J connectivity index is 0.000000203.